The summed E-state index contributed by atoms with van der Waals surface area (Å²) >= 11 is 20.8. The number of para-hydroxylation sites is 3. The number of aromatic nitrogens is 21. The van der Waals surface area contributed by atoms with Crippen LogP contribution in [0.1, 0.15) is 51.1 Å². The summed E-state index contributed by atoms with van der Waals surface area (Å²) in [5.41, 5.74) is 32.1. The largest absolute Gasteiger partial charge is 0.398 e. The maximum Gasteiger partial charge on any atom is 0.268 e. The second-order valence-corrected chi connectivity index (χ2v) is 33.6. The van der Waals surface area contributed by atoms with Crippen LogP contribution in [0.25, 0.3) is 108 Å². The average molecular weight is 1940 g/mol. The van der Waals surface area contributed by atoms with Gasteiger partial charge in [0, 0.05) is 53.7 Å². The summed E-state index contributed by atoms with van der Waals surface area (Å²) in [7, 11) is 0. The minimum atomic E-state index is -0.527. The Bertz CT molecular complexity index is 6930. The van der Waals surface area contributed by atoms with Crippen molar-refractivity contribution in [3.8, 4) is 22.9 Å². The minimum absolute atomic E-state index is 0.0517. The van der Waals surface area contributed by atoms with Gasteiger partial charge in [-0.1, -0.05) is 54.1 Å². The fourth-order valence-corrected chi connectivity index (χ4v) is 20.0. The van der Waals surface area contributed by atoms with Crippen LogP contribution in [0.5, 0.6) is 0 Å². The highest BCUT2D eigenvalue weighted by Gasteiger charge is 2.27. The van der Waals surface area contributed by atoms with Gasteiger partial charge in [0.15, 0.2) is 27.7 Å². The normalized spacial score (nSPS) is 11.6. The van der Waals surface area contributed by atoms with Crippen molar-refractivity contribution < 1.29 is 13.2 Å². The predicted molar refractivity (Wildman–Crippen MR) is 480 cm³/mol. The molecule has 0 aliphatic rings. The van der Waals surface area contributed by atoms with E-state index < -0.39 is 17.5 Å². The van der Waals surface area contributed by atoms with Crippen molar-refractivity contribution in [2.45, 2.75) is 60.8 Å². The first-order chi connectivity index (χ1) is 57.8. The van der Waals surface area contributed by atoms with Gasteiger partial charge in [0.1, 0.15) is 105 Å². The summed E-state index contributed by atoms with van der Waals surface area (Å²) in [6.45, 7) is 9.89. The number of aryl methyl sites for hydroxylation is 5. The number of rotatable bonds is 12. The van der Waals surface area contributed by atoms with Gasteiger partial charge in [-0.15, -0.1) is 45.3 Å². The third kappa shape index (κ3) is 14.4. The summed E-state index contributed by atoms with van der Waals surface area (Å²) in [5, 5.41) is 30.3. The molecule has 0 saturated carbocycles. The van der Waals surface area contributed by atoms with E-state index in [0.29, 0.717) is 139 Å². The van der Waals surface area contributed by atoms with Crippen LogP contribution in [-0.2, 0) is 26.2 Å². The second kappa shape index (κ2) is 32.4. The number of pyridine rings is 5. The number of hydrogen-bond donors (Lipinski definition) is 4. The first-order valence-corrected chi connectivity index (χ1v) is 42.6. The van der Waals surface area contributed by atoms with E-state index in [-0.39, 0.29) is 70.6 Å². The van der Waals surface area contributed by atoms with Crippen molar-refractivity contribution in [2.75, 3.05) is 22.9 Å². The molecular weight excluding hydrogens is 1880 g/mol. The first kappa shape index (κ1) is 80.1. The molecule has 0 amide bonds. The van der Waals surface area contributed by atoms with Gasteiger partial charge in [-0.2, -0.15) is 20.4 Å². The molecule has 0 bridgehead atoms. The zero-order valence-electron chi connectivity index (χ0n) is 63.0. The lowest BCUT2D eigenvalue weighted by molar-refractivity contribution is 0.599. The van der Waals surface area contributed by atoms with E-state index in [0.717, 1.165) is 38.6 Å². The van der Waals surface area contributed by atoms with E-state index in [2.05, 4.69) is 110 Å². The molecule has 0 saturated heterocycles. The number of hydrogen-bond acceptors (Lipinski definition) is 25. The Hall–Kier alpha value is -12.4. The number of thiophene rings is 4. The summed E-state index contributed by atoms with van der Waals surface area (Å²) in [4.78, 5) is 97.0. The van der Waals surface area contributed by atoms with E-state index in [1.54, 1.807) is 128 Å². The van der Waals surface area contributed by atoms with Crippen molar-refractivity contribution in [2.24, 2.45) is 0 Å². The van der Waals surface area contributed by atoms with Crippen LogP contribution in [0, 0.1) is 55.8 Å². The van der Waals surface area contributed by atoms with Gasteiger partial charge in [0.05, 0.1) is 60.2 Å². The van der Waals surface area contributed by atoms with Crippen LogP contribution in [0.4, 0.5) is 35.9 Å². The summed E-state index contributed by atoms with van der Waals surface area (Å²) in [5.74, 6) is 0.564. The van der Waals surface area contributed by atoms with Crippen LogP contribution in [-0.4, -0.2) is 102 Å². The van der Waals surface area contributed by atoms with Crippen molar-refractivity contribution >= 4 is 219 Å². The highest BCUT2D eigenvalue weighted by Crippen LogP contribution is 2.35. The SMILES string of the molecule is Cc1cccnc1-n1c(Cn2nc(Br)c3c(N)ccnc32)nc2scc(C)c2c1=O.Cc1csc2nc(Cn3nc(Br)c4c(N)ccnc43)n(-c3ccccc3F)c(=O)c12.Cc1csc2nc(Cn3nc(Cl)c4c(N)ccnc43)n(-c3ccccc3F)c(=O)c12.Cc1csc2nc(Cn3nc(I)c4c(N)ccnc43)n(-c3ccccc3F)c(=O)c12. The third-order valence-electron chi connectivity index (χ3n) is 19.6. The molecule has 0 spiro atoms. The van der Waals surface area contributed by atoms with Gasteiger partial charge in [-0.05, 0) is 205 Å². The van der Waals surface area contributed by atoms with Crippen molar-refractivity contribution in [3.05, 3.63) is 290 Å². The Balaban J connectivity index is 0.000000114. The van der Waals surface area contributed by atoms with E-state index in [1.807, 2.05) is 68.3 Å². The molecule has 20 rings (SSSR count). The molecule has 0 atom stereocenters. The second-order valence-electron chi connectivity index (χ2n) is 27.3. The van der Waals surface area contributed by atoms with Gasteiger partial charge in [-0.25, -0.2) is 81.3 Å². The lowest BCUT2D eigenvalue weighted by Crippen LogP contribution is -2.26. The Morgan fingerprint density at radius 3 is 1.04 bits per heavy atom. The summed E-state index contributed by atoms with van der Waals surface area (Å²) in [6, 6.07) is 28.9. The third-order valence-corrected chi connectivity index (χ3v) is 25.7. The molecule has 600 valence electrons. The zero-order valence-corrected chi connectivity index (χ0v) is 72.4. The monoisotopic (exact) mass is 1940 g/mol. The fourth-order valence-electron chi connectivity index (χ4n) is 14.0. The van der Waals surface area contributed by atoms with Gasteiger partial charge in [-0.3, -0.25) is 32.9 Å². The van der Waals surface area contributed by atoms with Crippen molar-refractivity contribution in [3.63, 3.8) is 0 Å². The number of benzene rings is 3. The molecule has 3 aromatic carbocycles. The molecule has 120 heavy (non-hydrogen) atoms. The molecule has 0 aliphatic heterocycles. The Morgan fingerprint density at radius 1 is 0.367 bits per heavy atom. The Kier molecular flexibility index (Phi) is 21.6. The predicted octanol–water partition coefficient (Wildman–Crippen LogP) is 15.4. The number of fused-ring (bicyclic) bond motifs is 8. The van der Waals surface area contributed by atoms with Crippen LogP contribution < -0.4 is 45.2 Å². The summed E-state index contributed by atoms with van der Waals surface area (Å²) in [6.07, 6.45) is 8.05. The first-order valence-electron chi connectivity index (χ1n) is 36.0. The van der Waals surface area contributed by atoms with Crippen LogP contribution in [0.3, 0.4) is 0 Å². The molecule has 0 radical (unpaired) electrons. The molecular formula is C80H58Br2ClF3IN25O4S4. The van der Waals surface area contributed by atoms with Gasteiger partial charge in [0.2, 0.25) is 0 Å². The Labute approximate surface area is 724 Å². The number of nitrogens with zero attached hydrogens (tertiary/aromatic N) is 21. The highest BCUT2D eigenvalue weighted by molar-refractivity contribution is 14.1. The van der Waals surface area contributed by atoms with Gasteiger partial charge < -0.3 is 22.9 Å². The lowest BCUT2D eigenvalue weighted by Gasteiger charge is -2.14. The molecule has 0 fully saturated rings. The molecule has 17 aromatic heterocycles. The Morgan fingerprint density at radius 2 is 0.675 bits per heavy atom. The van der Waals surface area contributed by atoms with Gasteiger partial charge in [0.25, 0.3) is 22.2 Å². The molecule has 8 N–H and O–H groups in total. The van der Waals surface area contributed by atoms with Crippen LogP contribution in [0.15, 0.2) is 190 Å². The fraction of sp³-hybridized carbons (Fsp3) is 0.113. The molecule has 0 unspecified atom stereocenters. The molecule has 0 aliphatic carbocycles. The van der Waals surface area contributed by atoms with E-state index in [4.69, 9.17) is 44.5 Å². The highest BCUT2D eigenvalue weighted by atomic mass is 127. The van der Waals surface area contributed by atoms with Crippen LogP contribution in [0.2, 0.25) is 5.15 Å². The standard InChI is InChI=1S/C20H14BrFN6OS.C20H16BrN7OS.C20H14ClFN6OS.C20H14FIN6OS/c1-10-9-30-19-15(10)20(29)28(13-5-3-2-4-11(13)22)14(25-19)8-27-18-16(17(21)26-27)12(23)6-7-24-18;1-10-4-3-6-23-17(10)28-13(25-19-14(20(28)29)11(2)9-30-19)8-27-18-15(16(21)26-27)12(22)5-7-24-18;1-10-9-30-19-15(10)20(29)28(13-5-3-2-4-11(13)22)14(25-19)8-27-18-16(17(21)26-27)12(23)6-7-24-18;1-10-9-30-19-15(10)20(29)28(13-5-3-2-4-11(13)21)14(25-19)8-27-18-16(17(22)26-27)12(23)6-7-24-18/h2-7,9H,8H2,1H3,(H2,23,24);3-7,9H,8H2,1-2H3,(H2,22,24);2*2-7,9H,8H2,1H3,(H2,23,24). The molecule has 20 aromatic rings. The van der Waals surface area contributed by atoms with Crippen molar-refractivity contribution in [1.29, 1.82) is 0 Å². The summed E-state index contributed by atoms with van der Waals surface area (Å²) < 4.78 is 57.8. The van der Waals surface area contributed by atoms with Gasteiger partial charge >= 0.3 is 0 Å². The number of halogens is 7. The number of anilines is 4. The number of nitrogen functional groups attached to an aromatic ring is 4. The number of nitrogens with two attached hydrogens (primary N) is 4. The minimum Gasteiger partial charge on any atom is -0.398 e. The topological polar surface area (TPSA) is 379 Å². The van der Waals surface area contributed by atoms with Crippen molar-refractivity contribution in [1.82, 2.24) is 102 Å². The molecule has 40 heteroatoms. The lowest BCUT2D eigenvalue weighted by atomic mass is 10.2. The molecule has 17 heterocycles. The van der Waals surface area contributed by atoms with Crippen LogP contribution >= 0.6 is 111 Å². The molecule has 29 nitrogen and oxygen atoms in total. The zero-order chi connectivity index (χ0) is 84.0. The smallest absolute Gasteiger partial charge is 0.268 e. The maximum atomic E-state index is 14.7. The van der Waals surface area contributed by atoms with E-state index in [9.17, 15) is 32.3 Å². The van der Waals surface area contributed by atoms with E-state index in [1.165, 1.54) is 81.9 Å². The van der Waals surface area contributed by atoms with E-state index >= 15 is 0 Å². The quantitative estimate of drug-likeness (QED) is 0.0825. The average Bonchev–Trinajstić information content (AvgIpc) is 1.60. The maximum absolute atomic E-state index is 14.7.